The van der Waals surface area contributed by atoms with Gasteiger partial charge in [0.05, 0.1) is 19.6 Å². The van der Waals surface area contributed by atoms with E-state index in [2.05, 4.69) is 13.8 Å². The van der Waals surface area contributed by atoms with Crippen molar-refractivity contribution in [1.82, 2.24) is 0 Å². The zero-order valence-electron chi connectivity index (χ0n) is 35.4. The van der Waals surface area contributed by atoms with E-state index in [-0.39, 0.29) is 32.1 Å². The van der Waals surface area contributed by atoms with E-state index in [0.29, 0.717) is 12.8 Å². The smallest absolute Gasteiger partial charge is 0.747 e. The van der Waals surface area contributed by atoms with Gasteiger partial charge in [-0.15, -0.1) is 0 Å². The molecule has 0 heterocycles. The third kappa shape index (κ3) is 40.9. The molecule has 0 aliphatic rings. The van der Waals surface area contributed by atoms with Crippen molar-refractivity contribution in [2.24, 2.45) is 0 Å². The number of unbranched alkanes of at least 4 members (excludes halogenated alkanes) is 34. The van der Waals surface area contributed by atoms with Crippen LogP contribution in [0.1, 0.15) is 251 Å². The maximum absolute atomic E-state index is 12.3. The fraction of sp³-hybridized carbons (Fsp3) is 0.955. The summed E-state index contributed by atoms with van der Waals surface area (Å²) in [5.41, 5.74) is 0. The molecule has 0 bridgehead atoms. The quantitative estimate of drug-likeness (QED) is 0.0263. The van der Waals surface area contributed by atoms with Gasteiger partial charge in [0, 0.05) is 0 Å². The Bertz CT molecular complexity index is 883. The molecule has 7 nitrogen and oxygen atoms in total. The van der Waals surface area contributed by atoms with Gasteiger partial charge in [0.2, 0.25) is 0 Å². The van der Waals surface area contributed by atoms with Crippen molar-refractivity contribution in [3.8, 4) is 0 Å². The van der Waals surface area contributed by atoms with Crippen LogP contribution in [-0.2, 0) is 29.2 Å². The van der Waals surface area contributed by atoms with E-state index in [1.807, 2.05) is 0 Å². The Morgan fingerprint density at radius 3 is 0.887 bits per heavy atom. The zero-order valence-corrected chi connectivity index (χ0v) is 36.2. The van der Waals surface area contributed by atoms with E-state index in [9.17, 15) is 22.6 Å². The molecule has 0 aliphatic carbocycles. The second-order valence-electron chi connectivity index (χ2n) is 15.6. The minimum Gasteiger partial charge on any atom is -0.747 e. The Morgan fingerprint density at radius 2 is 0.642 bits per heavy atom. The fourth-order valence-corrected chi connectivity index (χ4v) is 7.62. The van der Waals surface area contributed by atoms with Crippen molar-refractivity contribution >= 4 is 22.1 Å². The van der Waals surface area contributed by atoms with Crippen LogP contribution in [-0.4, -0.2) is 43.4 Å². The summed E-state index contributed by atoms with van der Waals surface area (Å²) in [6.07, 6.45) is 44.5. The Hall–Kier alpha value is -0.553. The van der Waals surface area contributed by atoms with Gasteiger partial charge in [0.15, 0.2) is 5.25 Å². The summed E-state index contributed by atoms with van der Waals surface area (Å²) >= 11 is 0. The minimum atomic E-state index is -5.02. The Labute approximate surface area is 341 Å². The summed E-state index contributed by atoms with van der Waals surface area (Å²) in [6, 6.07) is 0. The molecular weight excluding hydrogens is 679 g/mol. The standard InChI is InChI=1S/C44H86O7S.Li/c1-3-5-7-9-11-13-15-17-19-21-23-25-27-29-31-33-35-37-39-50-43(45)41-42(52(47,48)49)44(46)51-40-38-36-34-32-30-28-26-24-22-20-18-16-14-12-10-8-6-4-2;/h42H,3-41H2,1-2H3,(H,47,48,49);/q;+1/p-1. The van der Waals surface area contributed by atoms with Crippen LogP contribution in [0.3, 0.4) is 0 Å². The van der Waals surface area contributed by atoms with Crippen LogP contribution in [0.4, 0.5) is 0 Å². The van der Waals surface area contributed by atoms with E-state index in [1.54, 1.807) is 0 Å². The Kier molecular flexibility index (Phi) is 43.8. The molecule has 9 heteroatoms. The second kappa shape index (κ2) is 42.6. The molecule has 53 heavy (non-hydrogen) atoms. The van der Waals surface area contributed by atoms with Crippen molar-refractivity contribution in [2.75, 3.05) is 13.2 Å². The SMILES string of the molecule is CCCCCCCCCCCCCCCCCCCCOC(=O)CC(C(=O)OCCCCCCCCCCCCCCCCCCCC)S(=O)(=O)[O-].[Li+]. The van der Waals surface area contributed by atoms with Gasteiger partial charge in [-0.3, -0.25) is 9.59 Å². The van der Waals surface area contributed by atoms with Crippen molar-refractivity contribution in [2.45, 2.75) is 257 Å². The summed E-state index contributed by atoms with van der Waals surface area (Å²) in [4.78, 5) is 24.6. The molecule has 0 fully saturated rings. The molecule has 0 N–H and O–H groups in total. The van der Waals surface area contributed by atoms with Gasteiger partial charge in [-0.05, 0) is 12.8 Å². The van der Waals surface area contributed by atoms with Gasteiger partial charge in [0.25, 0.3) is 0 Å². The van der Waals surface area contributed by atoms with E-state index in [1.165, 1.54) is 180 Å². The monoisotopic (exact) mass is 765 g/mol. The molecule has 0 saturated heterocycles. The van der Waals surface area contributed by atoms with Crippen molar-refractivity contribution in [1.29, 1.82) is 0 Å². The third-order valence-corrected chi connectivity index (χ3v) is 11.5. The first-order valence-electron chi connectivity index (χ1n) is 22.6. The number of hydrogen-bond donors (Lipinski definition) is 0. The molecule has 0 amide bonds. The predicted octanol–water partition coefficient (Wildman–Crippen LogP) is 10.5. The van der Waals surface area contributed by atoms with Gasteiger partial charge in [-0.2, -0.15) is 0 Å². The molecule has 0 aromatic carbocycles. The van der Waals surface area contributed by atoms with Crippen molar-refractivity contribution in [3.05, 3.63) is 0 Å². The molecule has 310 valence electrons. The normalized spacial score (nSPS) is 12.1. The summed E-state index contributed by atoms with van der Waals surface area (Å²) in [5.74, 6) is -1.99. The molecule has 0 aromatic rings. The van der Waals surface area contributed by atoms with Gasteiger partial charge in [0.1, 0.15) is 10.1 Å². The first-order chi connectivity index (χ1) is 25.3. The number of esters is 2. The van der Waals surface area contributed by atoms with Gasteiger partial charge in [-0.1, -0.05) is 232 Å². The summed E-state index contributed by atoms with van der Waals surface area (Å²) in [6.45, 7) is 4.75. The fourth-order valence-electron chi connectivity index (χ4n) is 6.97. The minimum absolute atomic E-state index is 0. The molecule has 1 unspecified atom stereocenters. The van der Waals surface area contributed by atoms with Crippen LogP contribution >= 0.6 is 0 Å². The number of carbonyl (C=O) groups excluding carboxylic acids is 2. The summed E-state index contributed by atoms with van der Waals surface area (Å²) in [7, 11) is -5.02. The molecule has 0 spiro atoms. The first-order valence-corrected chi connectivity index (χ1v) is 24.1. The molecule has 0 aromatic heterocycles. The van der Waals surface area contributed by atoms with Crippen LogP contribution in [0, 0.1) is 0 Å². The molecule has 0 saturated carbocycles. The first kappa shape index (κ1) is 54.5. The summed E-state index contributed by atoms with van der Waals surface area (Å²) < 4.78 is 45.3. The third-order valence-electron chi connectivity index (χ3n) is 10.5. The van der Waals surface area contributed by atoms with Gasteiger partial charge in [-0.25, -0.2) is 8.42 Å². The van der Waals surface area contributed by atoms with E-state index in [4.69, 9.17) is 9.47 Å². The van der Waals surface area contributed by atoms with E-state index >= 15 is 0 Å². The topological polar surface area (TPSA) is 110 Å². The van der Waals surface area contributed by atoms with Crippen LogP contribution in [0.2, 0.25) is 0 Å². The second-order valence-corrected chi connectivity index (χ2v) is 17.1. The zero-order chi connectivity index (χ0) is 38.2. The predicted molar refractivity (Wildman–Crippen MR) is 218 cm³/mol. The summed E-state index contributed by atoms with van der Waals surface area (Å²) in [5, 5.41) is -2.05. The number of hydrogen-bond acceptors (Lipinski definition) is 7. The molecule has 0 rings (SSSR count). The molecule has 0 aliphatic heterocycles. The molecule has 0 radical (unpaired) electrons. The average molecular weight is 765 g/mol. The Morgan fingerprint density at radius 1 is 0.415 bits per heavy atom. The maximum atomic E-state index is 12.3. The van der Waals surface area contributed by atoms with Crippen LogP contribution in [0.15, 0.2) is 0 Å². The van der Waals surface area contributed by atoms with Crippen LogP contribution < -0.4 is 18.9 Å². The number of carbonyl (C=O) groups is 2. The van der Waals surface area contributed by atoms with Crippen molar-refractivity contribution < 1.29 is 50.9 Å². The van der Waals surface area contributed by atoms with Gasteiger partial charge >= 0.3 is 30.8 Å². The van der Waals surface area contributed by atoms with Crippen LogP contribution in [0.5, 0.6) is 0 Å². The van der Waals surface area contributed by atoms with Gasteiger partial charge < -0.3 is 14.0 Å². The molecular formula is C44H85LiO7S. The van der Waals surface area contributed by atoms with Crippen molar-refractivity contribution in [3.63, 3.8) is 0 Å². The average Bonchev–Trinajstić information content (AvgIpc) is 3.12. The van der Waals surface area contributed by atoms with E-state index in [0.717, 1.165) is 38.5 Å². The Balaban J connectivity index is 0. The number of rotatable bonds is 42. The molecule has 1 atom stereocenters. The largest absolute Gasteiger partial charge is 1.00 e. The maximum Gasteiger partial charge on any atom is 1.00 e. The number of ether oxygens (including phenoxy) is 2. The van der Waals surface area contributed by atoms with E-state index < -0.39 is 33.7 Å². The van der Waals surface area contributed by atoms with Crippen LogP contribution in [0.25, 0.3) is 0 Å².